The molecule has 0 aliphatic carbocycles. The van der Waals surface area contributed by atoms with E-state index < -0.39 is 0 Å². The number of likely N-dealkylation sites (tertiary alicyclic amines) is 1. The molecule has 0 unspecified atom stereocenters. The van der Waals surface area contributed by atoms with Crippen LogP contribution in [0.3, 0.4) is 0 Å². The summed E-state index contributed by atoms with van der Waals surface area (Å²) in [7, 11) is 0. The van der Waals surface area contributed by atoms with E-state index in [2.05, 4.69) is 22.0 Å². The number of hydrogen-bond donors (Lipinski definition) is 1. The van der Waals surface area contributed by atoms with Gasteiger partial charge in [-0.2, -0.15) is 0 Å². The van der Waals surface area contributed by atoms with Gasteiger partial charge in [0.1, 0.15) is 5.76 Å². The van der Waals surface area contributed by atoms with Crippen LogP contribution in [0.4, 0.5) is 0 Å². The first-order valence-electron chi connectivity index (χ1n) is 10.9. The second-order valence-electron chi connectivity index (χ2n) is 8.52. The molecule has 2 saturated heterocycles. The molecule has 1 aromatic heterocycles. The van der Waals surface area contributed by atoms with Crippen molar-refractivity contribution in [3.8, 4) is 0 Å². The molecular formula is C23H31N3O4. The number of nitrogens with zero attached hydrogens (tertiary/aromatic N) is 3. The molecule has 0 bridgehead atoms. The van der Waals surface area contributed by atoms with Gasteiger partial charge in [-0.3, -0.25) is 4.79 Å². The van der Waals surface area contributed by atoms with Crippen molar-refractivity contribution in [2.24, 2.45) is 0 Å². The van der Waals surface area contributed by atoms with E-state index in [-0.39, 0.29) is 30.1 Å². The van der Waals surface area contributed by atoms with Crippen LogP contribution in [-0.4, -0.2) is 70.8 Å². The molecule has 2 atom stereocenters. The van der Waals surface area contributed by atoms with Crippen molar-refractivity contribution < 1.29 is 19.1 Å². The van der Waals surface area contributed by atoms with Crippen molar-refractivity contribution in [2.45, 2.75) is 50.9 Å². The zero-order valence-corrected chi connectivity index (χ0v) is 17.7. The minimum Gasteiger partial charge on any atom is -0.447 e. The number of amides is 1. The molecule has 2 fully saturated rings. The van der Waals surface area contributed by atoms with Gasteiger partial charge in [-0.1, -0.05) is 44.2 Å². The van der Waals surface area contributed by atoms with Crippen LogP contribution in [0.5, 0.6) is 0 Å². The van der Waals surface area contributed by atoms with E-state index in [9.17, 15) is 9.90 Å². The maximum atomic E-state index is 13.6. The van der Waals surface area contributed by atoms with Crippen molar-refractivity contribution in [2.75, 3.05) is 32.8 Å². The highest BCUT2D eigenvalue weighted by Crippen LogP contribution is 2.33. The van der Waals surface area contributed by atoms with Gasteiger partial charge in [-0.15, -0.1) is 0 Å². The maximum Gasteiger partial charge on any atom is 0.276 e. The fourth-order valence-electron chi connectivity index (χ4n) is 4.48. The highest BCUT2D eigenvalue weighted by Gasteiger charge is 2.39. The Labute approximate surface area is 177 Å². The lowest BCUT2D eigenvalue weighted by Gasteiger charge is -2.43. The van der Waals surface area contributed by atoms with Crippen molar-refractivity contribution in [3.63, 3.8) is 0 Å². The predicted molar refractivity (Wildman–Crippen MR) is 112 cm³/mol. The number of rotatable bonds is 5. The summed E-state index contributed by atoms with van der Waals surface area (Å²) in [6.07, 6.45) is 2.56. The molecule has 1 N–H and O–H groups in total. The number of benzene rings is 1. The number of piperidine rings is 1. The molecule has 0 radical (unpaired) electrons. The van der Waals surface area contributed by atoms with Crippen LogP contribution in [0, 0.1) is 0 Å². The Balaban J connectivity index is 1.61. The Morgan fingerprint density at radius 1 is 1.20 bits per heavy atom. The molecule has 162 valence electrons. The maximum absolute atomic E-state index is 13.6. The van der Waals surface area contributed by atoms with E-state index in [0.717, 1.165) is 38.0 Å². The van der Waals surface area contributed by atoms with E-state index in [1.807, 2.05) is 36.9 Å². The first kappa shape index (κ1) is 21.0. The van der Waals surface area contributed by atoms with Crippen molar-refractivity contribution in [1.82, 2.24) is 14.8 Å². The summed E-state index contributed by atoms with van der Waals surface area (Å²) in [5.41, 5.74) is 1.45. The number of aromatic nitrogens is 1. The standard InChI is InChI=1S/C23H31N3O4/c1-16(2)22-20(24-15-30-22)23(28)26-12-13-29-19(14-25-10-8-18(27)9-11-25)21(26)17-6-4-3-5-7-17/h3-7,15-16,18-19,21,27H,8-14H2,1-2H3/t19-,21-/m0/s1. The Morgan fingerprint density at radius 3 is 2.63 bits per heavy atom. The Hall–Kier alpha value is -2.22. The molecule has 2 aliphatic heterocycles. The lowest BCUT2D eigenvalue weighted by molar-refractivity contribution is -0.0772. The topological polar surface area (TPSA) is 79.0 Å². The van der Waals surface area contributed by atoms with Gasteiger partial charge < -0.3 is 24.1 Å². The first-order chi connectivity index (χ1) is 14.5. The summed E-state index contributed by atoms with van der Waals surface area (Å²) in [4.78, 5) is 22.0. The van der Waals surface area contributed by atoms with Gasteiger partial charge in [0.15, 0.2) is 12.1 Å². The van der Waals surface area contributed by atoms with Crippen LogP contribution in [0.1, 0.15) is 60.5 Å². The molecule has 1 aromatic carbocycles. The Bertz CT molecular complexity index is 830. The molecule has 1 amide bonds. The molecule has 4 rings (SSSR count). The summed E-state index contributed by atoms with van der Waals surface area (Å²) in [5, 5.41) is 9.83. The fraction of sp³-hybridized carbons (Fsp3) is 0.565. The minimum atomic E-state index is -0.210. The van der Waals surface area contributed by atoms with Crippen LogP contribution in [0.2, 0.25) is 0 Å². The number of carbonyl (C=O) groups is 1. The number of morpholine rings is 1. The fourth-order valence-corrected chi connectivity index (χ4v) is 4.48. The van der Waals surface area contributed by atoms with Crippen molar-refractivity contribution in [3.05, 3.63) is 53.7 Å². The third-order valence-corrected chi connectivity index (χ3v) is 6.07. The van der Waals surface area contributed by atoms with Crippen LogP contribution in [-0.2, 0) is 4.74 Å². The highest BCUT2D eigenvalue weighted by atomic mass is 16.5. The monoisotopic (exact) mass is 413 g/mol. The Morgan fingerprint density at radius 2 is 1.93 bits per heavy atom. The molecule has 3 heterocycles. The van der Waals surface area contributed by atoms with Gasteiger partial charge in [-0.25, -0.2) is 4.98 Å². The SMILES string of the molecule is CC(C)c1ocnc1C(=O)N1CCO[C@@H](CN2CCC(O)CC2)[C@@H]1c1ccccc1. The summed E-state index contributed by atoms with van der Waals surface area (Å²) >= 11 is 0. The van der Waals surface area contributed by atoms with Gasteiger partial charge in [-0.05, 0) is 18.4 Å². The second kappa shape index (κ2) is 9.29. The third kappa shape index (κ3) is 4.43. The highest BCUT2D eigenvalue weighted by molar-refractivity contribution is 5.93. The first-order valence-corrected chi connectivity index (χ1v) is 10.9. The molecule has 2 aliphatic rings. The average molecular weight is 414 g/mol. The molecule has 30 heavy (non-hydrogen) atoms. The number of ether oxygens (including phenoxy) is 1. The number of hydrogen-bond acceptors (Lipinski definition) is 6. The number of carbonyl (C=O) groups excluding carboxylic acids is 1. The van der Waals surface area contributed by atoms with E-state index in [1.165, 1.54) is 6.39 Å². The molecule has 2 aromatic rings. The molecule has 7 nitrogen and oxygen atoms in total. The lowest BCUT2D eigenvalue weighted by atomic mass is 9.96. The molecule has 0 saturated carbocycles. The van der Waals surface area contributed by atoms with E-state index in [0.29, 0.717) is 24.6 Å². The van der Waals surface area contributed by atoms with Crippen molar-refractivity contribution in [1.29, 1.82) is 0 Å². The van der Waals surface area contributed by atoms with Crippen LogP contribution >= 0.6 is 0 Å². The summed E-state index contributed by atoms with van der Waals surface area (Å²) in [5.74, 6) is 0.599. The molecule has 7 heteroatoms. The van der Waals surface area contributed by atoms with Gasteiger partial charge in [0.2, 0.25) is 0 Å². The van der Waals surface area contributed by atoms with Gasteiger partial charge in [0.05, 0.1) is 24.9 Å². The third-order valence-electron chi connectivity index (χ3n) is 6.07. The van der Waals surface area contributed by atoms with Crippen LogP contribution < -0.4 is 0 Å². The van der Waals surface area contributed by atoms with E-state index in [1.54, 1.807) is 0 Å². The summed E-state index contributed by atoms with van der Waals surface area (Å²) in [6.45, 7) is 7.42. The lowest BCUT2D eigenvalue weighted by Crippen LogP contribution is -2.53. The molecule has 0 spiro atoms. The number of aliphatic hydroxyl groups excluding tert-OH is 1. The van der Waals surface area contributed by atoms with Crippen LogP contribution in [0.15, 0.2) is 41.1 Å². The summed E-state index contributed by atoms with van der Waals surface area (Å²) < 4.78 is 11.7. The van der Waals surface area contributed by atoms with E-state index in [4.69, 9.17) is 9.15 Å². The normalized spacial score (nSPS) is 23.8. The van der Waals surface area contributed by atoms with Gasteiger partial charge in [0.25, 0.3) is 5.91 Å². The minimum absolute atomic E-state index is 0.0817. The smallest absolute Gasteiger partial charge is 0.276 e. The quantitative estimate of drug-likeness (QED) is 0.812. The Kier molecular flexibility index (Phi) is 6.51. The van der Waals surface area contributed by atoms with Gasteiger partial charge in [0, 0.05) is 32.1 Å². The number of oxazole rings is 1. The number of aliphatic hydroxyl groups is 1. The van der Waals surface area contributed by atoms with Crippen LogP contribution in [0.25, 0.3) is 0 Å². The summed E-state index contributed by atoms with van der Waals surface area (Å²) in [6, 6.07) is 9.88. The van der Waals surface area contributed by atoms with Crippen molar-refractivity contribution >= 4 is 5.91 Å². The zero-order chi connectivity index (χ0) is 21.1. The average Bonchev–Trinajstić information content (AvgIpc) is 3.26. The second-order valence-corrected chi connectivity index (χ2v) is 8.52. The van der Waals surface area contributed by atoms with E-state index >= 15 is 0 Å². The molecular weight excluding hydrogens is 382 g/mol. The van der Waals surface area contributed by atoms with Gasteiger partial charge >= 0.3 is 0 Å². The largest absolute Gasteiger partial charge is 0.447 e. The zero-order valence-electron chi connectivity index (χ0n) is 17.7. The predicted octanol–water partition coefficient (Wildman–Crippen LogP) is 2.84.